The van der Waals surface area contributed by atoms with Crippen LogP contribution in [0.2, 0.25) is 0 Å². The van der Waals surface area contributed by atoms with E-state index in [1.165, 1.54) is 0 Å². The molecule has 1 unspecified atom stereocenters. The summed E-state index contributed by atoms with van der Waals surface area (Å²) in [5, 5.41) is 10.0. The van der Waals surface area contributed by atoms with Gasteiger partial charge in [-0.25, -0.2) is 0 Å². The highest BCUT2D eigenvalue weighted by Crippen LogP contribution is 2.19. The molecule has 0 saturated heterocycles. The molecule has 0 radical (unpaired) electrons. The van der Waals surface area contributed by atoms with Crippen molar-refractivity contribution >= 4 is 5.69 Å². The van der Waals surface area contributed by atoms with Gasteiger partial charge in [-0.15, -0.1) is 0 Å². The molecule has 2 rings (SSSR count). The molecule has 0 amide bonds. The monoisotopic (exact) mass is 287 g/mol. The van der Waals surface area contributed by atoms with Crippen LogP contribution in [0.25, 0.3) is 0 Å². The second-order valence-electron chi connectivity index (χ2n) is 5.02. The topological polar surface area (TPSA) is 71.6 Å². The molecule has 21 heavy (non-hydrogen) atoms. The Morgan fingerprint density at radius 3 is 2.71 bits per heavy atom. The quantitative estimate of drug-likeness (QED) is 0.756. The van der Waals surface area contributed by atoms with Gasteiger partial charge in [-0.3, -0.25) is 9.88 Å². The number of aromatic nitrogens is 1. The van der Waals surface area contributed by atoms with Crippen molar-refractivity contribution in [2.24, 2.45) is 0 Å². The molecule has 3 N–H and O–H groups in total. The lowest BCUT2D eigenvalue weighted by Crippen LogP contribution is -2.33. The first-order valence-corrected chi connectivity index (χ1v) is 6.89. The maximum absolute atomic E-state index is 10.0. The fourth-order valence-electron chi connectivity index (χ4n) is 2.04. The maximum Gasteiger partial charge on any atom is 0.142 e. The van der Waals surface area contributed by atoms with E-state index in [9.17, 15) is 5.11 Å². The van der Waals surface area contributed by atoms with Gasteiger partial charge in [0.2, 0.25) is 0 Å². The van der Waals surface area contributed by atoms with Crippen LogP contribution in [0.5, 0.6) is 5.75 Å². The van der Waals surface area contributed by atoms with E-state index in [-0.39, 0.29) is 6.61 Å². The molecular formula is C16H21N3O2. The molecule has 0 aliphatic heterocycles. The van der Waals surface area contributed by atoms with E-state index in [2.05, 4.69) is 4.98 Å². The summed E-state index contributed by atoms with van der Waals surface area (Å²) in [7, 11) is 1.94. The average Bonchev–Trinajstić information content (AvgIpc) is 2.47. The van der Waals surface area contributed by atoms with Crippen molar-refractivity contribution in [2.75, 3.05) is 25.9 Å². The standard InChI is InChI=1S/C16H21N3O2/c1-19(10-13-6-4-5-9-18-13)11-14(20)12-21-16-8-3-2-7-15(16)17/h2-9,14,20H,10-12,17H2,1H3. The van der Waals surface area contributed by atoms with Gasteiger partial charge in [0.25, 0.3) is 0 Å². The van der Waals surface area contributed by atoms with Gasteiger partial charge >= 0.3 is 0 Å². The Bertz CT molecular complexity index is 548. The zero-order valence-corrected chi connectivity index (χ0v) is 12.1. The molecule has 5 heteroatoms. The van der Waals surface area contributed by atoms with Crippen LogP contribution in [-0.4, -0.2) is 41.3 Å². The number of para-hydroxylation sites is 2. The third-order valence-corrected chi connectivity index (χ3v) is 3.03. The molecule has 0 spiro atoms. The van der Waals surface area contributed by atoms with Gasteiger partial charge in [0.1, 0.15) is 18.5 Å². The van der Waals surface area contributed by atoms with Crippen LogP contribution < -0.4 is 10.5 Å². The van der Waals surface area contributed by atoms with E-state index in [4.69, 9.17) is 10.5 Å². The summed E-state index contributed by atoms with van der Waals surface area (Å²) in [5.41, 5.74) is 7.33. The molecule has 1 atom stereocenters. The van der Waals surface area contributed by atoms with E-state index < -0.39 is 6.10 Å². The van der Waals surface area contributed by atoms with Gasteiger partial charge in [-0.2, -0.15) is 0 Å². The number of aliphatic hydroxyl groups is 1. The number of benzene rings is 1. The molecule has 0 aliphatic carbocycles. The number of nitrogens with two attached hydrogens (primary N) is 1. The molecule has 2 aromatic rings. The first-order valence-electron chi connectivity index (χ1n) is 6.89. The molecule has 1 heterocycles. The Morgan fingerprint density at radius 1 is 1.24 bits per heavy atom. The normalized spacial score (nSPS) is 12.3. The summed E-state index contributed by atoms with van der Waals surface area (Å²) in [6.45, 7) is 1.40. The highest BCUT2D eigenvalue weighted by Gasteiger charge is 2.10. The number of hydrogen-bond donors (Lipinski definition) is 2. The Labute approximate surface area is 125 Å². The number of hydrogen-bond acceptors (Lipinski definition) is 5. The zero-order valence-electron chi connectivity index (χ0n) is 12.1. The van der Waals surface area contributed by atoms with E-state index in [0.717, 1.165) is 5.69 Å². The third kappa shape index (κ3) is 5.06. The molecular weight excluding hydrogens is 266 g/mol. The fraction of sp³-hybridized carbons (Fsp3) is 0.312. The number of nitrogens with zero attached hydrogens (tertiary/aromatic N) is 2. The summed E-state index contributed by atoms with van der Waals surface area (Å²) >= 11 is 0. The van der Waals surface area contributed by atoms with Crippen LogP contribution >= 0.6 is 0 Å². The summed E-state index contributed by atoms with van der Waals surface area (Å²) in [6.07, 6.45) is 1.18. The lowest BCUT2D eigenvalue weighted by atomic mass is 10.3. The predicted octanol–water partition coefficient (Wildman–Crippen LogP) is 1.54. The van der Waals surface area contributed by atoms with Crippen LogP contribution in [0, 0.1) is 0 Å². The van der Waals surface area contributed by atoms with Crippen molar-refractivity contribution in [1.29, 1.82) is 0 Å². The molecule has 0 bridgehead atoms. The zero-order chi connectivity index (χ0) is 15.1. The summed E-state index contributed by atoms with van der Waals surface area (Å²) in [4.78, 5) is 6.26. The molecule has 1 aromatic carbocycles. The smallest absolute Gasteiger partial charge is 0.142 e. The largest absolute Gasteiger partial charge is 0.489 e. The van der Waals surface area contributed by atoms with Crippen molar-refractivity contribution in [3.8, 4) is 5.75 Å². The summed E-state index contributed by atoms with van der Waals surface area (Å²) in [6, 6.07) is 13.1. The molecule has 0 aliphatic rings. The van der Waals surface area contributed by atoms with Gasteiger partial charge in [-0.1, -0.05) is 18.2 Å². The van der Waals surface area contributed by atoms with E-state index in [1.54, 1.807) is 18.3 Å². The highest BCUT2D eigenvalue weighted by atomic mass is 16.5. The second kappa shape index (κ2) is 7.61. The minimum atomic E-state index is -0.585. The first-order chi connectivity index (χ1) is 10.1. The highest BCUT2D eigenvalue weighted by molar-refractivity contribution is 5.51. The lowest BCUT2D eigenvalue weighted by Gasteiger charge is -2.20. The average molecular weight is 287 g/mol. The third-order valence-electron chi connectivity index (χ3n) is 3.03. The number of aliphatic hydroxyl groups excluding tert-OH is 1. The summed E-state index contributed by atoms with van der Waals surface area (Å²) in [5.74, 6) is 0.601. The van der Waals surface area contributed by atoms with E-state index in [1.807, 2.05) is 42.3 Å². The van der Waals surface area contributed by atoms with Crippen molar-refractivity contribution in [2.45, 2.75) is 12.6 Å². The van der Waals surface area contributed by atoms with Crippen LogP contribution in [0.1, 0.15) is 5.69 Å². The number of rotatable bonds is 7. The van der Waals surface area contributed by atoms with Crippen molar-refractivity contribution in [3.05, 3.63) is 54.4 Å². The SMILES string of the molecule is CN(Cc1ccccn1)CC(O)COc1ccccc1N. The van der Waals surface area contributed by atoms with E-state index >= 15 is 0 Å². The fourth-order valence-corrected chi connectivity index (χ4v) is 2.04. The minimum Gasteiger partial charge on any atom is -0.489 e. The second-order valence-corrected chi connectivity index (χ2v) is 5.02. The first kappa shape index (κ1) is 15.3. The molecule has 0 fully saturated rings. The maximum atomic E-state index is 10.0. The molecule has 0 saturated carbocycles. The van der Waals surface area contributed by atoms with Crippen molar-refractivity contribution < 1.29 is 9.84 Å². The predicted molar refractivity (Wildman–Crippen MR) is 82.9 cm³/mol. The number of likely N-dealkylation sites (N-methyl/N-ethyl adjacent to an activating group) is 1. The Morgan fingerprint density at radius 2 is 2.00 bits per heavy atom. The van der Waals surface area contributed by atoms with Gasteiger partial charge in [0.15, 0.2) is 0 Å². The number of pyridine rings is 1. The number of anilines is 1. The van der Waals surface area contributed by atoms with Crippen molar-refractivity contribution in [3.63, 3.8) is 0 Å². The van der Waals surface area contributed by atoms with Crippen molar-refractivity contribution in [1.82, 2.24) is 9.88 Å². The molecule has 112 valence electrons. The van der Waals surface area contributed by atoms with Gasteiger partial charge < -0.3 is 15.6 Å². The number of ether oxygens (including phenoxy) is 1. The molecule has 1 aromatic heterocycles. The van der Waals surface area contributed by atoms with Gasteiger partial charge in [0, 0.05) is 19.3 Å². The Balaban J connectivity index is 1.76. The minimum absolute atomic E-state index is 0.209. The Hall–Kier alpha value is -2.11. The van der Waals surface area contributed by atoms with Crippen LogP contribution in [0.4, 0.5) is 5.69 Å². The van der Waals surface area contributed by atoms with Crippen LogP contribution in [0.15, 0.2) is 48.7 Å². The van der Waals surface area contributed by atoms with Crippen LogP contribution in [-0.2, 0) is 6.54 Å². The van der Waals surface area contributed by atoms with Gasteiger partial charge in [0.05, 0.1) is 11.4 Å². The summed E-state index contributed by atoms with van der Waals surface area (Å²) < 4.78 is 5.53. The lowest BCUT2D eigenvalue weighted by molar-refractivity contribution is 0.0743. The van der Waals surface area contributed by atoms with Crippen LogP contribution in [0.3, 0.4) is 0 Å². The molecule has 5 nitrogen and oxygen atoms in total. The van der Waals surface area contributed by atoms with Gasteiger partial charge in [-0.05, 0) is 31.3 Å². The number of nitrogen functional groups attached to an aromatic ring is 1. The Kier molecular flexibility index (Phi) is 5.54. The van der Waals surface area contributed by atoms with E-state index in [0.29, 0.717) is 24.5 Å².